The van der Waals surface area contributed by atoms with Gasteiger partial charge in [-0.15, -0.1) is 5.10 Å². The van der Waals surface area contributed by atoms with E-state index in [0.29, 0.717) is 12.4 Å². The summed E-state index contributed by atoms with van der Waals surface area (Å²) in [7, 11) is 0. The molecule has 1 aromatic heterocycles. The van der Waals surface area contributed by atoms with Gasteiger partial charge in [-0.1, -0.05) is 12.1 Å². The summed E-state index contributed by atoms with van der Waals surface area (Å²) >= 11 is 0. The highest BCUT2D eigenvalue weighted by Crippen LogP contribution is 2.16. The number of hydrogen-bond donors (Lipinski definition) is 1. The molecule has 0 aliphatic heterocycles. The molecule has 1 amide bonds. The number of amides is 1. The van der Waals surface area contributed by atoms with E-state index in [4.69, 9.17) is 9.47 Å². The predicted molar refractivity (Wildman–Crippen MR) is 94.1 cm³/mol. The lowest BCUT2D eigenvalue weighted by molar-refractivity contribution is -0.123. The molecule has 0 unspecified atom stereocenters. The minimum Gasteiger partial charge on any atom is -0.494 e. The number of hydrogen-bond acceptors (Lipinski definition) is 6. The van der Waals surface area contributed by atoms with Crippen molar-refractivity contribution < 1.29 is 18.7 Å². The van der Waals surface area contributed by atoms with Crippen LogP contribution in [0.15, 0.2) is 48.5 Å². The molecule has 140 valence electrons. The second kappa shape index (κ2) is 8.75. The van der Waals surface area contributed by atoms with Crippen molar-refractivity contribution in [1.82, 2.24) is 25.5 Å². The number of carbonyl (C=O) groups is 1. The van der Waals surface area contributed by atoms with E-state index in [-0.39, 0.29) is 18.9 Å². The molecule has 0 radical (unpaired) electrons. The van der Waals surface area contributed by atoms with Crippen LogP contribution in [0.25, 0.3) is 5.69 Å². The third kappa shape index (κ3) is 4.78. The molecule has 0 aliphatic carbocycles. The highest BCUT2D eigenvalue weighted by molar-refractivity contribution is 5.77. The summed E-state index contributed by atoms with van der Waals surface area (Å²) < 4.78 is 25.5. The van der Waals surface area contributed by atoms with Gasteiger partial charge >= 0.3 is 0 Å². The first-order chi connectivity index (χ1) is 13.2. The van der Waals surface area contributed by atoms with Gasteiger partial charge in [-0.25, -0.2) is 4.39 Å². The highest BCUT2D eigenvalue weighted by Gasteiger charge is 2.11. The molecule has 0 atom stereocenters. The number of para-hydroxylation sites is 1. The molecule has 3 aromatic rings. The molecule has 0 aliphatic rings. The zero-order valence-corrected chi connectivity index (χ0v) is 14.6. The fraction of sp³-hybridized carbons (Fsp3) is 0.222. The van der Waals surface area contributed by atoms with E-state index in [1.807, 2.05) is 31.2 Å². The van der Waals surface area contributed by atoms with Crippen LogP contribution in [-0.4, -0.2) is 39.3 Å². The van der Waals surface area contributed by atoms with E-state index in [2.05, 4.69) is 20.8 Å². The van der Waals surface area contributed by atoms with Crippen LogP contribution in [0, 0.1) is 5.82 Å². The van der Waals surface area contributed by atoms with Crippen LogP contribution >= 0.6 is 0 Å². The first-order valence-corrected chi connectivity index (χ1v) is 8.32. The Labute approximate surface area is 154 Å². The molecular weight excluding hydrogens is 353 g/mol. The maximum absolute atomic E-state index is 13.5. The highest BCUT2D eigenvalue weighted by atomic mass is 19.1. The van der Waals surface area contributed by atoms with Gasteiger partial charge in [0, 0.05) is 0 Å². The van der Waals surface area contributed by atoms with Crippen LogP contribution in [0.1, 0.15) is 12.7 Å². The Morgan fingerprint density at radius 3 is 2.67 bits per heavy atom. The number of aromatic nitrogens is 4. The molecule has 27 heavy (non-hydrogen) atoms. The van der Waals surface area contributed by atoms with Gasteiger partial charge in [0.05, 0.1) is 18.8 Å². The minimum atomic E-state index is -0.523. The summed E-state index contributed by atoms with van der Waals surface area (Å²) in [5.41, 5.74) is 0.732. The van der Waals surface area contributed by atoms with Crippen LogP contribution in [0.3, 0.4) is 0 Å². The molecule has 0 saturated carbocycles. The molecule has 1 N–H and O–H groups in total. The van der Waals surface area contributed by atoms with Crippen molar-refractivity contribution in [3.05, 3.63) is 60.2 Å². The molecule has 2 aromatic carbocycles. The van der Waals surface area contributed by atoms with Gasteiger partial charge in [0.2, 0.25) is 0 Å². The standard InChI is InChI=1S/C18H18FN5O3/c1-2-26-14-9-7-13(8-10-14)24-17(21-22-23-24)11-20-18(25)12-27-16-6-4-3-5-15(16)19/h3-10H,2,11-12H2,1H3,(H,20,25). The van der Waals surface area contributed by atoms with Crippen molar-refractivity contribution in [1.29, 1.82) is 0 Å². The molecule has 1 heterocycles. The maximum atomic E-state index is 13.5. The molecular formula is C18H18FN5O3. The monoisotopic (exact) mass is 371 g/mol. The van der Waals surface area contributed by atoms with E-state index in [0.717, 1.165) is 11.4 Å². The molecule has 0 saturated heterocycles. The lowest BCUT2D eigenvalue weighted by atomic mass is 10.3. The first-order valence-electron chi connectivity index (χ1n) is 8.32. The summed E-state index contributed by atoms with van der Waals surface area (Å²) in [5, 5.41) is 14.1. The summed E-state index contributed by atoms with van der Waals surface area (Å²) in [6.07, 6.45) is 0. The summed E-state index contributed by atoms with van der Waals surface area (Å²) in [4.78, 5) is 11.9. The van der Waals surface area contributed by atoms with Crippen molar-refractivity contribution in [3.8, 4) is 17.2 Å². The lowest BCUT2D eigenvalue weighted by Crippen LogP contribution is -2.29. The normalized spacial score (nSPS) is 10.4. The van der Waals surface area contributed by atoms with E-state index in [1.54, 1.807) is 12.1 Å². The summed E-state index contributed by atoms with van der Waals surface area (Å²) in [6, 6.07) is 13.1. The predicted octanol–water partition coefficient (Wildman–Crippen LogP) is 1.90. The number of carbonyl (C=O) groups excluding carboxylic acids is 1. The Kier molecular flexibility index (Phi) is 5.93. The van der Waals surface area contributed by atoms with Crippen molar-refractivity contribution in [3.63, 3.8) is 0 Å². The number of rotatable bonds is 8. The number of tetrazole rings is 1. The van der Waals surface area contributed by atoms with Crippen molar-refractivity contribution in [2.24, 2.45) is 0 Å². The lowest BCUT2D eigenvalue weighted by Gasteiger charge is -2.09. The summed E-state index contributed by atoms with van der Waals surface area (Å²) in [6.45, 7) is 2.27. The van der Waals surface area contributed by atoms with Crippen molar-refractivity contribution in [2.75, 3.05) is 13.2 Å². The van der Waals surface area contributed by atoms with Gasteiger partial charge in [-0.05, 0) is 53.7 Å². The fourth-order valence-electron chi connectivity index (χ4n) is 2.30. The van der Waals surface area contributed by atoms with Crippen LogP contribution in [0.2, 0.25) is 0 Å². The number of nitrogens with one attached hydrogen (secondary N) is 1. The smallest absolute Gasteiger partial charge is 0.258 e. The van der Waals surface area contributed by atoms with E-state index in [1.165, 1.54) is 16.8 Å². The van der Waals surface area contributed by atoms with Crippen LogP contribution in [0.5, 0.6) is 11.5 Å². The van der Waals surface area contributed by atoms with Crippen LogP contribution in [0.4, 0.5) is 4.39 Å². The van der Waals surface area contributed by atoms with Gasteiger partial charge in [0.25, 0.3) is 5.91 Å². The number of benzene rings is 2. The minimum absolute atomic E-state index is 0.0203. The van der Waals surface area contributed by atoms with Gasteiger partial charge < -0.3 is 14.8 Å². The maximum Gasteiger partial charge on any atom is 0.258 e. The molecule has 0 spiro atoms. The Hall–Kier alpha value is -3.49. The van der Waals surface area contributed by atoms with Gasteiger partial charge in [0.1, 0.15) is 5.75 Å². The summed E-state index contributed by atoms with van der Waals surface area (Å²) in [5.74, 6) is 0.268. The Bertz CT molecular complexity index is 898. The Morgan fingerprint density at radius 2 is 1.93 bits per heavy atom. The topological polar surface area (TPSA) is 91.2 Å². The van der Waals surface area contributed by atoms with Crippen molar-refractivity contribution >= 4 is 5.91 Å². The van der Waals surface area contributed by atoms with Gasteiger partial charge in [0.15, 0.2) is 24.0 Å². The van der Waals surface area contributed by atoms with Gasteiger partial charge in [-0.2, -0.15) is 4.68 Å². The second-order valence-electron chi connectivity index (χ2n) is 5.43. The van der Waals surface area contributed by atoms with Crippen molar-refractivity contribution in [2.45, 2.75) is 13.5 Å². The Balaban J connectivity index is 1.56. The van der Waals surface area contributed by atoms with Crippen LogP contribution in [-0.2, 0) is 11.3 Å². The number of ether oxygens (including phenoxy) is 2. The number of halogens is 1. The zero-order valence-electron chi connectivity index (χ0n) is 14.6. The largest absolute Gasteiger partial charge is 0.494 e. The quantitative estimate of drug-likeness (QED) is 0.650. The molecule has 0 fully saturated rings. The third-order valence-electron chi connectivity index (χ3n) is 3.57. The van der Waals surface area contributed by atoms with E-state index < -0.39 is 11.7 Å². The molecule has 3 rings (SSSR count). The number of nitrogens with zero attached hydrogens (tertiary/aromatic N) is 4. The molecule has 9 heteroatoms. The first kappa shape index (κ1) is 18.3. The van der Waals surface area contributed by atoms with Crippen LogP contribution < -0.4 is 14.8 Å². The van der Waals surface area contributed by atoms with Gasteiger partial charge in [-0.3, -0.25) is 4.79 Å². The fourth-order valence-corrected chi connectivity index (χ4v) is 2.30. The third-order valence-corrected chi connectivity index (χ3v) is 3.57. The second-order valence-corrected chi connectivity index (χ2v) is 5.43. The van der Waals surface area contributed by atoms with E-state index in [9.17, 15) is 9.18 Å². The van der Waals surface area contributed by atoms with E-state index >= 15 is 0 Å². The molecule has 8 nitrogen and oxygen atoms in total. The SMILES string of the molecule is CCOc1ccc(-n2nnnc2CNC(=O)COc2ccccc2F)cc1. The average molecular weight is 371 g/mol. The Morgan fingerprint density at radius 1 is 1.15 bits per heavy atom. The molecule has 0 bridgehead atoms. The zero-order chi connectivity index (χ0) is 19.1. The average Bonchev–Trinajstić information content (AvgIpc) is 3.15.